The predicted molar refractivity (Wildman–Crippen MR) is 132 cm³/mol. The molecule has 0 aromatic heterocycles. The second-order valence-corrected chi connectivity index (χ2v) is 11.9. The lowest BCUT2D eigenvalue weighted by atomic mass is 9.82. The van der Waals surface area contributed by atoms with E-state index in [1.807, 2.05) is 32.9 Å². The van der Waals surface area contributed by atoms with Crippen LogP contribution in [0.4, 0.5) is 5.69 Å². The molecule has 2 aromatic rings. The van der Waals surface area contributed by atoms with E-state index in [1.165, 1.54) is 32.4 Å². The largest absolute Gasteiger partial charge is 0.493 e. The van der Waals surface area contributed by atoms with E-state index in [1.54, 1.807) is 12.1 Å². The summed E-state index contributed by atoms with van der Waals surface area (Å²) >= 11 is 0. The summed E-state index contributed by atoms with van der Waals surface area (Å²) in [6.45, 7) is 11.7. The second-order valence-electron chi connectivity index (χ2n) is 10.0. The molecule has 2 aromatic carbocycles. The molecule has 2 rings (SSSR count). The summed E-state index contributed by atoms with van der Waals surface area (Å²) in [4.78, 5) is 13.0. The number of nitrogens with zero attached hydrogens (tertiary/aromatic N) is 1. The van der Waals surface area contributed by atoms with Crippen molar-refractivity contribution in [1.29, 1.82) is 0 Å². The minimum atomic E-state index is -4.07. The Balaban J connectivity index is 2.45. The minimum Gasteiger partial charge on any atom is -0.493 e. The van der Waals surface area contributed by atoms with Crippen molar-refractivity contribution >= 4 is 21.6 Å². The van der Waals surface area contributed by atoms with Crippen molar-refractivity contribution in [3.63, 3.8) is 0 Å². The summed E-state index contributed by atoms with van der Waals surface area (Å²) in [7, 11) is -1.15. The molecule has 0 aliphatic rings. The van der Waals surface area contributed by atoms with Gasteiger partial charge >= 0.3 is 0 Å². The van der Waals surface area contributed by atoms with Crippen molar-refractivity contribution in [2.75, 3.05) is 25.1 Å². The summed E-state index contributed by atoms with van der Waals surface area (Å²) in [5.41, 5.74) is 0.887. The number of benzene rings is 2. The van der Waals surface area contributed by atoms with E-state index in [9.17, 15) is 13.2 Å². The van der Waals surface area contributed by atoms with Crippen molar-refractivity contribution in [3.05, 3.63) is 48.0 Å². The highest BCUT2D eigenvalue weighted by molar-refractivity contribution is 7.92. The normalized spacial score (nSPS) is 12.2. The van der Waals surface area contributed by atoms with Gasteiger partial charge in [0.2, 0.25) is 5.91 Å². The molecule has 0 saturated carbocycles. The van der Waals surface area contributed by atoms with Gasteiger partial charge in [0.05, 0.1) is 24.8 Å². The molecule has 0 bridgehead atoms. The third kappa shape index (κ3) is 7.12. The SMILES string of the molecule is COc1ccc(S(=O)(=O)N(CC(=O)NC(C)(C)CC(C)(C)C)c2ccc(C)cc2)cc1OC. The Morgan fingerprint density at radius 2 is 1.52 bits per heavy atom. The molecule has 0 fully saturated rings. The van der Waals surface area contributed by atoms with Crippen LogP contribution in [0.5, 0.6) is 11.5 Å². The van der Waals surface area contributed by atoms with Crippen molar-refractivity contribution in [2.45, 2.75) is 58.4 Å². The van der Waals surface area contributed by atoms with Crippen LogP contribution >= 0.6 is 0 Å². The highest BCUT2D eigenvalue weighted by atomic mass is 32.2. The summed E-state index contributed by atoms with van der Waals surface area (Å²) < 4.78 is 39.0. The first-order chi connectivity index (χ1) is 15.2. The van der Waals surface area contributed by atoms with Crippen molar-refractivity contribution < 1.29 is 22.7 Å². The molecule has 7 nitrogen and oxygen atoms in total. The van der Waals surface area contributed by atoms with Gasteiger partial charge in [-0.1, -0.05) is 38.5 Å². The van der Waals surface area contributed by atoms with Gasteiger partial charge < -0.3 is 14.8 Å². The van der Waals surface area contributed by atoms with Crippen LogP contribution in [0, 0.1) is 12.3 Å². The van der Waals surface area contributed by atoms with Gasteiger partial charge in [-0.25, -0.2) is 8.42 Å². The molecule has 8 heteroatoms. The topological polar surface area (TPSA) is 84.9 Å². The van der Waals surface area contributed by atoms with Crippen LogP contribution in [0.25, 0.3) is 0 Å². The Hall–Kier alpha value is -2.74. The van der Waals surface area contributed by atoms with E-state index < -0.39 is 15.6 Å². The fourth-order valence-electron chi connectivity index (χ4n) is 4.05. The van der Waals surface area contributed by atoms with Gasteiger partial charge in [0, 0.05) is 11.6 Å². The van der Waals surface area contributed by atoms with Gasteiger partial charge in [-0.05, 0) is 56.9 Å². The van der Waals surface area contributed by atoms with E-state index in [0.717, 1.165) is 16.3 Å². The molecule has 0 spiro atoms. The van der Waals surface area contributed by atoms with Gasteiger partial charge in [0.25, 0.3) is 10.0 Å². The van der Waals surface area contributed by atoms with E-state index in [-0.39, 0.29) is 28.5 Å². The number of carbonyl (C=O) groups excluding carboxylic acids is 1. The number of hydrogen-bond acceptors (Lipinski definition) is 5. The quantitative estimate of drug-likeness (QED) is 0.574. The number of amides is 1. The number of sulfonamides is 1. The molecule has 0 atom stereocenters. The van der Waals surface area contributed by atoms with Crippen molar-refractivity contribution in [2.24, 2.45) is 5.41 Å². The molecule has 0 saturated heterocycles. The molecule has 0 aliphatic carbocycles. The van der Waals surface area contributed by atoms with Crippen LogP contribution in [0.3, 0.4) is 0 Å². The summed E-state index contributed by atoms with van der Waals surface area (Å²) in [5.74, 6) is 0.326. The molecular formula is C25H36N2O5S. The maximum Gasteiger partial charge on any atom is 0.264 e. The Morgan fingerprint density at radius 1 is 0.939 bits per heavy atom. The van der Waals surface area contributed by atoms with Gasteiger partial charge in [0.1, 0.15) is 6.54 Å². The Morgan fingerprint density at radius 3 is 2.03 bits per heavy atom. The Bertz CT molecular complexity index is 1070. The number of ether oxygens (including phenoxy) is 2. The van der Waals surface area contributed by atoms with E-state index in [4.69, 9.17) is 9.47 Å². The number of anilines is 1. The van der Waals surface area contributed by atoms with Crippen LogP contribution in [0.1, 0.15) is 46.6 Å². The minimum absolute atomic E-state index is 0.000845. The molecule has 0 radical (unpaired) electrons. The molecule has 0 heterocycles. The first-order valence-corrected chi connectivity index (χ1v) is 12.2. The number of carbonyl (C=O) groups is 1. The third-order valence-corrected chi connectivity index (χ3v) is 6.77. The average Bonchev–Trinajstić information content (AvgIpc) is 2.69. The Kier molecular flexibility index (Phi) is 8.06. The highest BCUT2D eigenvalue weighted by Gasteiger charge is 2.31. The maximum atomic E-state index is 13.7. The molecule has 182 valence electrons. The molecule has 1 N–H and O–H groups in total. The molecule has 0 unspecified atom stereocenters. The van der Waals surface area contributed by atoms with E-state index in [2.05, 4.69) is 26.1 Å². The lowest BCUT2D eigenvalue weighted by Crippen LogP contribution is -2.50. The smallest absolute Gasteiger partial charge is 0.264 e. The fraction of sp³-hybridized carbons (Fsp3) is 0.480. The number of rotatable bonds is 9. The summed E-state index contributed by atoms with van der Waals surface area (Å²) in [5, 5.41) is 3.00. The van der Waals surface area contributed by atoms with Crippen LogP contribution in [-0.4, -0.2) is 40.6 Å². The zero-order valence-electron chi connectivity index (χ0n) is 20.9. The van der Waals surface area contributed by atoms with Crippen molar-refractivity contribution in [1.82, 2.24) is 5.32 Å². The predicted octanol–water partition coefficient (Wildman–Crippen LogP) is 4.54. The Labute approximate surface area is 198 Å². The second kappa shape index (κ2) is 10.0. The highest BCUT2D eigenvalue weighted by Crippen LogP contribution is 2.32. The first-order valence-electron chi connectivity index (χ1n) is 10.8. The number of methoxy groups -OCH3 is 2. The van der Waals surface area contributed by atoms with Crippen LogP contribution in [0.2, 0.25) is 0 Å². The lowest BCUT2D eigenvalue weighted by Gasteiger charge is -2.34. The van der Waals surface area contributed by atoms with Crippen LogP contribution < -0.4 is 19.1 Å². The molecule has 1 amide bonds. The van der Waals surface area contributed by atoms with E-state index in [0.29, 0.717) is 11.4 Å². The first kappa shape index (κ1) is 26.5. The summed E-state index contributed by atoms with van der Waals surface area (Å²) in [6, 6.07) is 11.4. The lowest BCUT2D eigenvalue weighted by molar-refractivity contribution is -0.121. The average molecular weight is 477 g/mol. The fourth-order valence-corrected chi connectivity index (χ4v) is 5.48. The van der Waals surface area contributed by atoms with Gasteiger partial charge in [-0.3, -0.25) is 9.10 Å². The van der Waals surface area contributed by atoms with Gasteiger partial charge in [0.15, 0.2) is 11.5 Å². The third-order valence-electron chi connectivity index (χ3n) is 5.00. The summed E-state index contributed by atoms with van der Waals surface area (Å²) in [6.07, 6.45) is 0.735. The standard InChI is InChI=1S/C25H36N2O5S/c1-18-9-11-19(12-10-18)27(16-23(28)26-25(5,6)17-24(2,3)4)33(29,30)20-13-14-21(31-7)22(15-20)32-8/h9-15H,16-17H2,1-8H3,(H,26,28). The molecule has 0 aliphatic heterocycles. The van der Waals surface area contributed by atoms with Crippen molar-refractivity contribution in [3.8, 4) is 11.5 Å². The van der Waals surface area contributed by atoms with Gasteiger partial charge in [-0.15, -0.1) is 0 Å². The zero-order chi connectivity index (χ0) is 25.0. The molecular weight excluding hydrogens is 440 g/mol. The number of aryl methyl sites for hydroxylation is 1. The van der Waals surface area contributed by atoms with Crippen LogP contribution in [-0.2, 0) is 14.8 Å². The number of hydrogen-bond donors (Lipinski definition) is 1. The number of nitrogens with one attached hydrogen (secondary N) is 1. The van der Waals surface area contributed by atoms with E-state index >= 15 is 0 Å². The van der Waals surface area contributed by atoms with Crippen LogP contribution in [0.15, 0.2) is 47.4 Å². The monoisotopic (exact) mass is 476 g/mol. The van der Waals surface area contributed by atoms with Gasteiger partial charge in [-0.2, -0.15) is 0 Å². The zero-order valence-corrected chi connectivity index (χ0v) is 21.7. The molecule has 33 heavy (non-hydrogen) atoms. The maximum absolute atomic E-state index is 13.7.